The lowest BCUT2D eigenvalue weighted by Gasteiger charge is -2.17. The minimum Gasteiger partial charge on any atom is -0.348 e. The molecule has 0 unspecified atom stereocenters. The third-order valence-electron chi connectivity index (χ3n) is 4.90. The van der Waals surface area contributed by atoms with Gasteiger partial charge in [0.05, 0.1) is 5.69 Å². The fourth-order valence-electron chi connectivity index (χ4n) is 3.63. The molecule has 7 heteroatoms. The van der Waals surface area contributed by atoms with Crippen molar-refractivity contribution in [1.82, 2.24) is 15.5 Å². The number of nitrogens with two attached hydrogens (primary N) is 1. The van der Waals surface area contributed by atoms with Crippen LogP contribution in [0.15, 0.2) is 48.7 Å². The summed E-state index contributed by atoms with van der Waals surface area (Å²) < 4.78 is 0. The van der Waals surface area contributed by atoms with Gasteiger partial charge in [0, 0.05) is 35.5 Å². The van der Waals surface area contributed by atoms with E-state index in [1.807, 2.05) is 36.5 Å². The van der Waals surface area contributed by atoms with Gasteiger partial charge < -0.3 is 11.1 Å². The van der Waals surface area contributed by atoms with Gasteiger partial charge in [-0.25, -0.2) is 0 Å². The fraction of sp³-hybridized carbons (Fsp3) is 0.238. The Bertz CT molecular complexity index is 924. The van der Waals surface area contributed by atoms with Crippen molar-refractivity contribution in [2.75, 3.05) is 6.54 Å². The molecule has 0 aromatic heterocycles. The molecule has 28 heavy (non-hydrogen) atoms. The number of H-pyrrole nitrogens is 1. The first-order valence-electron chi connectivity index (χ1n) is 8.97. The lowest BCUT2D eigenvalue weighted by Crippen LogP contribution is -2.41. The van der Waals surface area contributed by atoms with E-state index in [-0.39, 0.29) is 36.8 Å². The molecule has 0 saturated carbocycles. The van der Waals surface area contributed by atoms with Gasteiger partial charge in [-0.05, 0) is 42.5 Å². The first kappa shape index (κ1) is 22.0. The van der Waals surface area contributed by atoms with E-state index in [0.29, 0.717) is 6.54 Å². The smallest absolute Gasteiger partial charge is 0.251 e. The van der Waals surface area contributed by atoms with Gasteiger partial charge in [0.1, 0.15) is 0 Å². The lowest BCUT2D eigenvalue weighted by atomic mass is 10.0. The van der Waals surface area contributed by atoms with Crippen LogP contribution >= 0.6 is 24.8 Å². The predicted molar refractivity (Wildman–Crippen MR) is 118 cm³/mol. The van der Waals surface area contributed by atoms with Gasteiger partial charge in [-0.1, -0.05) is 36.4 Å². The highest BCUT2D eigenvalue weighted by Gasteiger charge is 2.25. The molecule has 5 nitrogen and oxygen atoms in total. The third-order valence-corrected chi connectivity index (χ3v) is 4.90. The van der Waals surface area contributed by atoms with Crippen LogP contribution in [0, 0.1) is 0 Å². The van der Waals surface area contributed by atoms with Gasteiger partial charge in [-0.15, -0.1) is 24.8 Å². The van der Waals surface area contributed by atoms with Gasteiger partial charge in [0.2, 0.25) is 0 Å². The zero-order chi connectivity index (χ0) is 17.9. The average Bonchev–Trinajstić information content (AvgIpc) is 2.90. The Morgan fingerprint density at radius 3 is 2.79 bits per heavy atom. The number of aromatic amines is 1. The van der Waals surface area contributed by atoms with E-state index in [0.717, 1.165) is 47.2 Å². The normalized spacial score (nSPS) is 13.2. The van der Waals surface area contributed by atoms with Crippen LogP contribution in [-0.4, -0.2) is 28.7 Å². The van der Waals surface area contributed by atoms with Crippen molar-refractivity contribution in [2.24, 2.45) is 5.73 Å². The number of hydrogen-bond acceptors (Lipinski definition) is 3. The highest BCUT2D eigenvalue weighted by molar-refractivity contribution is 6.01. The molecule has 4 N–H and O–H groups in total. The summed E-state index contributed by atoms with van der Waals surface area (Å²) >= 11 is 0. The number of amides is 1. The Hall–Kier alpha value is -2.34. The van der Waals surface area contributed by atoms with Crippen molar-refractivity contribution in [3.63, 3.8) is 0 Å². The highest BCUT2D eigenvalue weighted by Crippen LogP contribution is 2.36. The molecule has 0 fully saturated rings. The molecule has 1 atom stereocenters. The zero-order valence-corrected chi connectivity index (χ0v) is 17.0. The fourth-order valence-corrected chi connectivity index (χ4v) is 3.63. The Morgan fingerprint density at radius 1 is 1.25 bits per heavy atom. The van der Waals surface area contributed by atoms with Crippen LogP contribution in [0.2, 0.25) is 0 Å². The van der Waals surface area contributed by atoms with Crippen LogP contribution in [0.4, 0.5) is 0 Å². The molecule has 4 rings (SSSR count). The number of nitrogens with one attached hydrogen (secondary N) is 2. The second kappa shape index (κ2) is 9.73. The van der Waals surface area contributed by atoms with Crippen molar-refractivity contribution < 1.29 is 4.79 Å². The molecule has 0 bridgehead atoms. The maximum Gasteiger partial charge on any atom is 0.251 e. The molecule has 1 aromatic carbocycles. The number of rotatable bonds is 5. The molecule has 1 heterocycles. The molecule has 1 aromatic rings. The second-order valence-electron chi connectivity index (χ2n) is 6.67. The maximum absolute atomic E-state index is 13.0. The molecule has 3 aliphatic rings. The minimum atomic E-state index is -0.0943. The number of aromatic nitrogens is 2. The number of halogens is 2. The van der Waals surface area contributed by atoms with E-state index >= 15 is 0 Å². The average molecular weight is 419 g/mol. The topological polar surface area (TPSA) is 83.8 Å². The summed E-state index contributed by atoms with van der Waals surface area (Å²) in [6, 6.07) is 12.0. The summed E-state index contributed by atoms with van der Waals surface area (Å²) in [5, 5.41) is 10.4. The Labute approximate surface area is 177 Å². The third kappa shape index (κ3) is 4.38. The molecule has 0 radical (unpaired) electrons. The van der Waals surface area contributed by atoms with Crippen LogP contribution in [0.25, 0.3) is 17.2 Å². The van der Waals surface area contributed by atoms with Crippen molar-refractivity contribution in [1.29, 1.82) is 0 Å². The summed E-state index contributed by atoms with van der Waals surface area (Å²) in [4.78, 5) is 13.0. The summed E-state index contributed by atoms with van der Waals surface area (Å²) in [7, 11) is 0. The number of carbonyl (C=O) groups excluding carboxylic acids is 1. The summed E-state index contributed by atoms with van der Waals surface area (Å²) in [5.41, 5.74) is 11.9. The number of benzene rings is 1. The van der Waals surface area contributed by atoms with E-state index in [2.05, 4.69) is 33.7 Å². The van der Waals surface area contributed by atoms with Crippen LogP contribution in [0.5, 0.6) is 0 Å². The van der Waals surface area contributed by atoms with Gasteiger partial charge in [-0.2, -0.15) is 5.10 Å². The standard InChI is InChI=1S/C21H22N4O.2ClH/c22-12-16(10-14-6-2-1-3-7-14)24-21(26)18-11-15-13-23-25-19-9-5-4-8-17(18)20(15)19;;/h1-3,5-7,9,11,13,16,23H,4,8,10,12,22H2,(H,24,26);2*1H/t16-;;/m0../s1. The Morgan fingerprint density at radius 2 is 2.04 bits per heavy atom. The van der Waals surface area contributed by atoms with E-state index in [1.54, 1.807) is 0 Å². The van der Waals surface area contributed by atoms with Gasteiger partial charge >= 0.3 is 0 Å². The van der Waals surface area contributed by atoms with Gasteiger partial charge in [0.25, 0.3) is 5.91 Å². The summed E-state index contributed by atoms with van der Waals surface area (Å²) in [5.74, 6) is -0.0598. The Balaban J connectivity index is 0.00000140. The SMILES string of the molecule is Cl.Cl.NC[C@H](Cc1ccccc1)NC(=O)c1cc2c[nH]nc3c-2c1CCC=C3. The Kier molecular flexibility index (Phi) is 7.63. The maximum atomic E-state index is 13.0. The van der Waals surface area contributed by atoms with Crippen molar-refractivity contribution in [2.45, 2.75) is 25.3 Å². The molecular formula is C21H24Cl2N4O. The molecule has 1 aliphatic heterocycles. The first-order chi connectivity index (χ1) is 12.8. The van der Waals surface area contributed by atoms with Crippen molar-refractivity contribution >= 4 is 36.8 Å². The quantitative estimate of drug-likeness (QED) is 0.591. The zero-order valence-electron chi connectivity index (χ0n) is 15.4. The van der Waals surface area contributed by atoms with E-state index in [9.17, 15) is 4.79 Å². The molecule has 148 valence electrons. The summed E-state index contributed by atoms with van der Waals surface area (Å²) in [6.07, 6.45) is 8.45. The number of carbonyl (C=O) groups is 1. The number of allylic oxidation sites excluding steroid dienone is 1. The van der Waals surface area contributed by atoms with Crippen molar-refractivity contribution in [3.05, 3.63) is 71.1 Å². The molecule has 0 saturated heterocycles. The largest absolute Gasteiger partial charge is 0.348 e. The van der Waals surface area contributed by atoms with Gasteiger partial charge in [0.15, 0.2) is 0 Å². The molecule has 2 aliphatic carbocycles. The number of nitrogens with zero attached hydrogens (tertiary/aromatic N) is 1. The first-order valence-corrected chi connectivity index (χ1v) is 8.97. The molecule has 0 spiro atoms. The van der Waals surface area contributed by atoms with Crippen LogP contribution in [0.1, 0.15) is 33.6 Å². The van der Waals surface area contributed by atoms with Crippen LogP contribution < -0.4 is 11.1 Å². The highest BCUT2D eigenvalue weighted by atomic mass is 35.5. The minimum absolute atomic E-state index is 0. The van der Waals surface area contributed by atoms with E-state index in [4.69, 9.17) is 5.73 Å². The van der Waals surface area contributed by atoms with Gasteiger partial charge in [-0.3, -0.25) is 9.89 Å². The monoisotopic (exact) mass is 418 g/mol. The predicted octanol–water partition coefficient (Wildman–Crippen LogP) is 3.62. The van der Waals surface area contributed by atoms with E-state index < -0.39 is 0 Å². The number of hydrogen-bond donors (Lipinski definition) is 3. The lowest BCUT2D eigenvalue weighted by molar-refractivity contribution is 0.0937. The van der Waals surface area contributed by atoms with Crippen molar-refractivity contribution in [3.8, 4) is 11.1 Å². The molecule has 1 amide bonds. The van der Waals surface area contributed by atoms with E-state index in [1.165, 1.54) is 5.56 Å². The van der Waals surface area contributed by atoms with Crippen LogP contribution in [-0.2, 0) is 12.8 Å². The van der Waals surface area contributed by atoms with Crippen LogP contribution in [0.3, 0.4) is 0 Å². The summed E-state index contributed by atoms with van der Waals surface area (Å²) in [6.45, 7) is 0.401. The second-order valence-corrected chi connectivity index (χ2v) is 6.67. The molecular weight excluding hydrogens is 395 g/mol.